The normalized spacial score (nSPS) is 12.0. The minimum atomic E-state index is -3.91. The fourth-order valence-corrected chi connectivity index (χ4v) is 5.38. The van der Waals surface area contributed by atoms with Crippen LogP contribution in [-0.2, 0) is 32.6 Å². The number of rotatable bonds is 13. The highest BCUT2D eigenvalue weighted by Crippen LogP contribution is 2.32. The van der Waals surface area contributed by atoms with Crippen molar-refractivity contribution >= 4 is 27.5 Å². The molecule has 0 bridgehead atoms. The van der Waals surface area contributed by atoms with E-state index in [0.29, 0.717) is 11.5 Å². The van der Waals surface area contributed by atoms with Gasteiger partial charge in [0.05, 0.1) is 26.2 Å². The van der Waals surface area contributed by atoms with E-state index in [-0.39, 0.29) is 30.6 Å². The second-order valence-electron chi connectivity index (χ2n) is 10.2. The van der Waals surface area contributed by atoms with Gasteiger partial charge in [0.2, 0.25) is 21.8 Å². The first-order valence-corrected chi connectivity index (χ1v) is 15.2. The molecule has 0 fully saturated rings. The number of ether oxygens (including phenoxy) is 2. The summed E-state index contributed by atoms with van der Waals surface area (Å²) in [4.78, 5) is 29.2. The number of anilines is 1. The molecule has 0 spiro atoms. The minimum absolute atomic E-state index is 0.118. The number of methoxy groups -OCH3 is 2. The highest BCUT2D eigenvalue weighted by Gasteiger charge is 2.33. The highest BCUT2D eigenvalue weighted by molar-refractivity contribution is 7.92. The maximum atomic E-state index is 14.1. The number of hydrogen-bond donors (Lipinski definition) is 1. The standard InChI is InChI=1S/C31H39N3O6S/c1-22(2)32-31(36)27(18-24-12-8-7-9-13-24)33(20-25-14-10-11-23(3)17-25)30(35)21-34(41(6,37)38)26-15-16-28(39-4)29(19-26)40-5/h7-17,19,22,27H,18,20-21H2,1-6H3,(H,32,36)/t27-/m1/s1. The lowest BCUT2D eigenvalue weighted by Gasteiger charge is -2.34. The van der Waals surface area contributed by atoms with E-state index in [0.717, 1.165) is 27.3 Å². The van der Waals surface area contributed by atoms with Gasteiger partial charge in [0.25, 0.3) is 0 Å². The van der Waals surface area contributed by atoms with Crippen molar-refractivity contribution < 1.29 is 27.5 Å². The van der Waals surface area contributed by atoms with E-state index in [2.05, 4.69) is 5.32 Å². The molecule has 3 aromatic rings. The van der Waals surface area contributed by atoms with E-state index in [9.17, 15) is 18.0 Å². The first-order valence-electron chi connectivity index (χ1n) is 13.3. The third kappa shape index (κ3) is 8.72. The average Bonchev–Trinajstić information content (AvgIpc) is 2.92. The summed E-state index contributed by atoms with van der Waals surface area (Å²) in [6.45, 7) is 5.26. The van der Waals surface area contributed by atoms with E-state index in [4.69, 9.17) is 9.47 Å². The molecule has 0 aliphatic rings. The third-order valence-electron chi connectivity index (χ3n) is 6.47. The van der Waals surface area contributed by atoms with Crippen molar-refractivity contribution in [2.24, 2.45) is 0 Å². The van der Waals surface area contributed by atoms with Crippen molar-refractivity contribution in [2.75, 3.05) is 31.3 Å². The van der Waals surface area contributed by atoms with Crippen LogP contribution in [0.3, 0.4) is 0 Å². The molecule has 10 heteroatoms. The van der Waals surface area contributed by atoms with Crippen LogP contribution in [0.15, 0.2) is 72.8 Å². The molecule has 0 aliphatic heterocycles. The van der Waals surface area contributed by atoms with Crippen LogP contribution >= 0.6 is 0 Å². The topological polar surface area (TPSA) is 105 Å². The van der Waals surface area contributed by atoms with Gasteiger partial charge in [0.15, 0.2) is 11.5 Å². The summed E-state index contributed by atoms with van der Waals surface area (Å²) < 4.78 is 37.6. The number of nitrogens with zero attached hydrogens (tertiary/aromatic N) is 2. The zero-order chi connectivity index (χ0) is 30.2. The molecule has 2 amide bonds. The Labute approximate surface area is 243 Å². The van der Waals surface area contributed by atoms with Gasteiger partial charge >= 0.3 is 0 Å². The maximum Gasteiger partial charge on any atom is 0.244 e. The molecule has 0 unspecified atom stereocenters. The van der Waals surface area contributed by atoms with E-state index in [1.165, 1.54) is 25.2 Å². The Morgan fingerprint density at radius 3 is 2.12 bits per heavy atom. The smallest absolute Gasteiger partial charge is 0.244 e. The van der Waals surface area contributed by atoms with Crippen LogP contribution in [0, 0.1) is 6.92 Å². The largest absolute Gasteiger partial charge is 0.493 e. The third-order valence-corrected chi connectivity index (χ3v) is 7.61. The number of amides is 2. The van der Waals surface area contributed by atoms with Crippen LogP contribution in [0.4, 0.5) is 5.69 Å². The van der Waals surface area contributed by atoms with Gasteiger partial charge in [-0.1, -0.05) is 60.2 Å². The van der Waals surface area contributed by atoms with E-state index < -0.39 is 28.5 Å². The number of benzene rings is 3. The van der Waals surface area contributed by atoms with Crippen molar-refractivity contribution in [3.05, 3.63) is 89.5 Å². The Balaban J connectivity index is 2.08. The lowest BCUT2D eigenvalue weighted by atomic mass is 10.0. The molecule has 220 valence electrons. The summed E-state index contributed by atoms with van der Waals surface area (Å²) >= 11 is 0. The molecule has 0 aromatic heterocycles. The molecule has 1 atom stereocenters. The molecule has 0 radical (unpaired) electrons. The minimum Gasteiger partial charge on any atom is -0.493 e. The number of nitrogens with one attached hydrogen (secondary N) is 1. The second kappa shape index (κ2) is 14.0. The summed E-state index contributed by atoms with van der Waals surface area (Å²) in [5.41, 5.74) is 2.94. The fraction of sp³-hybridized carbons (Fsp3) is 0.355. The fourth-order valence-electron chi connectivity index (χ4n) is 4.54. The van der Waals surface area contributed by atoms with Gasteiger partial charge in [-0.15, -0.1) is 0 Å². The summed E-state index contributed by atoms with van der Waals surface area (Å²) in [7, 11) is -0.979. The maximum absolute atomic E-state index is 14.1. The van der Waals surface area contributed by atoms with Gasteiger partial charge in [-0.3, -0.25) is 13.9 Å². The Bertz CT molecular complexity index is 1440. The molecule has 0 saturated heterocycles. The average molecular weight is 582 g/mol. The molecule has 0 aliphatic carbocycles. The molecule has 9 nitrogen and oxygen atoms in total. The Kier molecular flexibility index (Phi) is 10.8. The van der Waals surface area contributed by atoms with Gasteiger partial charge in [-0.25, -0.2) is 8.42 Å². The lowest BCUT2D eigenvalue weighted by molar-refractivity contribution is -0.140. The SMILES string of the molecule is COc1ccc(N(CC(=O)N(Cc2cccc(C)c2)[C@H](Cc2ccccc2)C(=O)NC(C)C)S(C)(=O)=O)cc1OC. The molecule has 3 rings (SSSR count). The number of carbonyl (C=O) groups is 2. The van der Waals surface area contributed by atoms with Crippen LogP contribution < -0.4 is 19.1 Å². The number of aryl methyl sites for hydroxylation is 1. The number of sulfonamides is 1. The summed E-state index contributed by atoms with van der Waals surface area (Å²) in [5.74, 6) is -0.0974. The second-order valence-corrected chi connectivity index (χ2v) is 12.1. The summed E-state index contributed by atoms with van der Waals surface area (Å²) in [6, 6.07) is 20.7. The molecular weight excluding hydrogens is 542 g/mol. The molecule has 0 heterocycles. The van der Waals surface area contributed by atoms with Gasteiger partial charge < -0.3 is 19.7 Å². The Hall–Kier alpha value is -4.05. The van der Waals surface area contributed by atoms with Crippen LogP contribution in [0.1, 0.15) is 30.5 Å². The van der Waals surface area contributed by atoms with Crippen molar-refractivity contribution in [3.8, 4) is 11.5 Å². The van der Waals surface area contributed by atoms with Crippen molar-refractivity contribution in [3.63, 3.8) is 0 Å². The van der Waals surface area contributed by atoms with Gasteiger partial charge in [0.1, 0.15) is 12.6 Å². The number of hydrogen-bond acceptors (Lipinski definition) is 6. The van der Waals surface area contributed by atoms with Gasteiger partial charge in [-0.05, 0) is 44.0 Å². The quantitative estimate of drug-likeness (QED) is 0.328. The molecular formula is C31H39N3O6S. The highest BCUT2D eigenvalue weighted by atomic mass is 32.2. The Morgan fingerprint density at radius 2 is 1.54 bits per heavy atom. The zero-order valence-electron chi connectivity index (χ0n) is 24.5. The van der Waals surface area contributed by atoms with Crippen molar-refractivity contribution in [1.82, 2.24) is 10.2 Å². The van der Waals surface area contributed by atoms with Gasteiger partial charge in [0, 0.05) is 25.1 Å². The lowest BCUT2D eigenvalue weighted by Crippen LogP contribution is -2.54. The number of carbonyl (C=O) groups excluding carboxylic acids is 2. The first kappa shape index (κ1) is 31.5. The summed E-state index contributed by atoms with van der Waals surface area (Å²) in [5, 5.41) is 2.94. The monoisotopic (exact) mass is 581 g/mol. The van der Waals surface area contributed by atoms with Crippen LogP contribution in [-0.4, -0.2) is 64.2 Å². The first-order chi connectivity index (χ1) is 19.4. The molecule has 3 aromatic carbocycles. The molecule has 41 heavy (non-hydrogen) atoms. The zero-order valence-corrected chi connectivity index (χ0v) is 25.3. The van der Waals surface area contributed by atoms with Crippen LogP contribution in [0.25, 0.3) is 0 Å². The van der Waals surface area contributed by atoms with Crippen molar-refractivity contribution in [1.29, 1.82) is 0 Å². The van der Waals surface area contributed by atoms with Gasteiger partial charge in [-0.2, -0.15) is 0 Å². The Morgan fingerprint density at radius 1 is 0.878 bits per heavy atom. The van der Waals surface area contributed by atoms with E-state index >= 15 is 0 Å². The summed E-state index contributed by atoms with van der Waals surface area (Å²) in [6.07, 6.45) is 1.29. The predicted molar refractivity (Wildman–Crippen MR) is 161 cm³/mol. The van der Waals surface area contributed by atoms with Crippen molar-refractivity contribution in [2.45, 2.75) is 45.8 Å². The predicted octanol–water partition coefficient (Wildman–Crippen LogP) is 3.94. The molecule has 0 saturated carbocycles. The van der Waals surface area contributed by atoms with E-state index in [1.54, 1.807) is 12.1 Å². The van der Waals surface area contributed by atoms with Crippen LogP contribution in [0.5, 0.6) is 11.5 Å². The van der Waals surface area contributed by atoms with E-state index in [1.807, 2.05) is 75.4 Å². The molecule has 1 N–H and O–H groups in total. The van der Waals surface area contributed by atoms with Crippen LogP contribution in [0.2, 0.25) is 0 Å².